The van der Waals surface area contributed by atoms with E-state index >= 15 is 0 Å². The molecule has 5 nitrogen and oxygen atoms in total. The number of aromatic nitrogens is 1. The van der Waals surface area contributed by atoms with Gasteiger partial charge in [0.15, 0.2) is 8.03 Å². The Morgan fingerprint density at radius 1 is 1.04 bits per heavy atom. The second kappa shape index (κ2) is 6.41. The minimum absolute atomic E-state index is 0.518. The fraction of sp³-hybridized carbons (Fsp3) is 0.118. The predicted molar refractivity (Wildman–Crippen MR) is 89.1 cm³/mol. The number of hydrogen-bond acceptors (Lipinski definition) is 2. The van der Waals surface area contributed by atoms with E-state index in [2.05, 4.69) is 4.98 Å². The first-order valence-corrected chi connectivity index (χ1v) is 8.59. The molecule has 0 spiro atoms. The molecule has 3 unspecified atom stereocenters. The maximum Gasteiger partial charge on any atom is 0.312 e. The molecule has 3 atom stereocenters. The summed E-state index contributed by atoms with van der Waals surface area (Å²) >= 11 is 0. The fourth-order valence-electron chi connectivity index (χ4n) is 2.97. The van der Waals surface area contributed by atoms with E-state index in [4.69, 9.17) is 0 Å². The van der Waals surface area contributed by atoms with Gasteiger partial charge in [0.2, 0.25) is 0 Å². The van der Waals surface area contributed by atoms with E-state index in [0.717, 1.165) is 10.9 Å². The van der Waals surface area contributed by atoms with Crippen LogP contribution in [0.2, 0.25) is 0 Å². The van der Waals surface area contributed by atoms with Crippen molar-refractivity contribution in [3.05, 3.63) is 71.9 Å². The molecule has 1 aromatic heterocycles. The van der Waals surface area contributed by atoms with Crippen LogP contribution in [0.5, 0.6) is 0 Å². The van der Waals surface area contributed by atoms with Crippen LogP contribution >= 0.6 is 8.03 Å². The predicted octanol–water partition coefficient (Wildman–Crippen LogP) is 3.54. The summed E-state index contributed by atoms with van der Waals surface area (Å²) in [6.45, 7) is 0. The molecule has 0 aliphatic heterocycles. The molecule has 2 aromatic carbocycles. The van der Waals surface area contributed by atoms with Crippen molar-refractivity contribution >= 4 is 24.9 Å². The third kappa shape index (κ3) is 2.93. The molecule has 3 aromatic rings. The van der Waals surface area contributed by atoms with E-state index in [1.165, 1.54) is 0 Å². The molecule has 0 radical (unpaired) electrons. The molecule has 0 fully saturated rings. The highest BCUT2D eigenvalue weighted by molar-refractivity contribution is 7.38. The molecular formula is C17H16NO4P. The van der Waals surface area contributed by atoms with Gasteiger partial charge >= 0.3 is 5.97 Å². The second-order valence-corrected chi connectivity index (χ2v) is 6.63. The van der Waals surface area contributed by atoms with Crippen LogP contribution in [0.1, 0.15) is 22.7 Å². The van der Waals surface area contributed by atoms with Crippen molar-refractivity contribution in [2.45, 2.75) is 11.6 Å². The molecule has 0 amide bonds. The molecule has 0 aliphatic carbocycles. The van der Waals surface area contributed by atoms with Gasteiger partial charge < -0.3 is 15.0 Å². The molecule has 0 bridgehead atoms. The average Bonchev–Trinajstić information content (AvgIpc) is 3.01. The average molecular weight is 329 g/mol. The number of nitrogens with one attached hydrogen (secondary N) is 1. The number of aliphatic carboxylic acids is 1. The van der Waals surface area contributed by atoms with Gasteiger partial charge in [-0.3, -0.25) is 9.36 Å². The smallest absolute Gasteiger partial charge is 0.312 e. The summed E-state index contributed by atoms with van der Waals surface area (Å²) < 4.78 is 12.1. The van der Waals surface area contributed by atoms with E-state index in [-0.39, 0.29) is 0 Å². The van der Waals surface area contributed by atoms with Crippen LogP contribution in [-0.4, -0.2) is 21.0 Å². The molecule has 3 N–H and O–H groups in total. The van der Waals surface area contributed by atoms with Crippen LogP contribution in [0.25, 0.3) is 10.9 Å². The van der Waals surface area contributed by atoms with Gasteiger partial charge in [-0.15, -0.1) is 0 Å². The second-order valence-electron chi connectivity index (χ2n) is 5.33. The van der Waals surface area contributed by atoms with E-state index in [0.29, 0.717) is 11.1 Å². The monoisotopic (exact) mass is 329 g/mol. The number of aromatic amines is 1. The summed E-state index contributed by atoms with van der Waals surface area (Å²) in [7, 11) is -3.13. The molecule has 23 heavy (non-hydrogen) atoms. The number of benzene rings is 2. The standard InChI is InChI=1S/C17H16NO4P/c19-17(20)15(11-5-2-1-3-6-11)16(23(21)22)13-7-4-8-14-12(13)9-10-18-14/h1-10,15-16,18,23H,(H,19,20)(H,21,22). The zero-order valence-corrected chi connectivity index (χ0v) is 13.1. The number of fused-ring (bicyclic) bond motifs is 1. The fourth-order valence-corrected chi connectivity index (χ4v) is 4.11. The van der Waals surface area contributed by atoms with E-state index in [9.17, 15) is 19.4 Å². The molecule has 0 aliphatic rings. The van der Waals surface area contributed by atoms with Crippen LogP contribution in [0, 0.1) is 0 Å². The number of rotatable bonds is 5. The van der Waals surface area contributed by atoms with E-state index in [1.807, 2.05) is 6.07 Å². The summed E-state index contributed by atoms with van der Waals surface area (Å²) in [6.07, 6.45) is 1.73. The number of carboxylic acid groups (broad SMARTS) is 1. The highest BCUT2D eigenvalue weighted by Crippen LogP contribution is 2.49. The van der Waals surface area contributed by atoms with Crippen molar-refractivity contribution in [2.24, 2.45) is 0 Å². The first kappa shape index (κ1) is 15.5. The highest BCUT2D eigenvalue weighted by Gasteiger charge is 2.35. The molecule has 3 rings (SSSR count). The summed E-state index contributed by atoms with van der Waals surface area (Å²) in [5.74, 6) is -2.19. The van der Waals surface area contributed by atoms with Crippen molar-refractivity contribution in [3.63, 3.8) is 0 Å². The number of H-pyrrole nitrogens is 1. The Labute approximate surface area is 133 Å². The first-order chi connectivity index (χ1) is 11.1. The van der Waals surface area contributed by atoms with Crippen molar-refractivity contribution in [3.8, 4) is 0 Å². The molecule has 1 heterocycles. The topological polar surface area (TPSA) is 90.4 Å². The Hall–Kier alpha value is -2.36. The van der Waals surface area contributed by atoms with E-state index < -0.39 is 25.6 Å². The number of hydrogen-bond donors (Lipinski definition) is 3. The SMILES string of the molecule is O=C(O)C(c1ccccc1)C(c1cccc2[nH]ccc12)[PH](=O)O. The first-order valence-electron chi connectivity index (χ1n) is 7.16. The van der Waals surface area contributed by atoms with E-state index in [1.54, 1.807) is 54.7 Å². The van der Waals surface area contributed by atoms with Crippen molar-refractivity contribution in [2.75, 3.05) is 0 Å². The Balaban J connectivity index is 2.19. The summed E-state index contributed by atoms with van der Waals surface area (Å²) in [5.41, 5.74) is 0.920. The normalized spacial score (nSPS) is 15.2. The van der Waals surface area contributed by atoms with Crippen LogP contribution in [-0.2, 0) is 9.36 Å². The maximum absolute atomic E-state index is 12.1. The maximum atomic E-state index is 12.1. The van der Waals surface area contributed by atoms with Crippen LogP contribution in [0.3, 0.4) is 0 Å². The number of carboxylic acids is 1. The van der Waals surface area contributed by atoms with Gasteiger partial charge in [-0.1, -0.05) is 42.5 Å². The van der Waals surface area contributed by atoms with Gasteiger partial charge in [0.25, 0.3) is 0 Å². The molecule has 6 heteroatoms. The van der Waals surface area contributed by atoms with Crippen molar-refractivity contribution in [1.82, 2.24) is 4.98 Å². The lowest BCUT2D eigenvalue weighted by atomic mass is 9.90. The Morgan fingerprint density at radius 3 is 2.43 bits per heavy atom. The van der Waals surface area contributed by atoms with Gasteiger partial charge in [0.05, 0.1) is 11.6 Å². The Kier molecular flexibility index (Phi) is 4.33. The molecule has 0 saturated heterocycles. The van der Waals surface area contributed by atoms with Gasteiger partial charge in [0, 0.05) is 17.1 Å². The molecular weight excluding hydrogens is 313 g/mol. The minimum Gasteiger partial charge on any atom is -0.481 e. The lowest BCUT2D eigenvalue weighted by molar-refractivity contribution is -0.138. The zero-order valence-electron chi connectivity index (χ0n) is 12.1. The summed E-state index contributed by atoms with van der Waals surface area (Å²) in [5, 5.41) is 10.5. The minimum atomic E-state index is -3.13. The molecule has 118 valence electrons. The summed E-state index contributed by atoms with van der Waals surface area (Å²) in [4.78, 5) is 24.8. The summed E-state index contributed by atoms with van der Waals surface area (Å²) in [6, 6.07) is 15.7. The van der Waals surface area contributed by atoms with Crippen LogP contribution in [0.4, 0.5) is 0 Å². The quantitative estimate of drug-likeness (QED) is 0.624. The number of carbonyl (C=O) groups is 1. The highest BCUT2D eigenvalue weighted by atomic mass is 31.1. The Bertz CT molecular complexity index is 859. The van der Waals surface area contributed by atoms with Gasteiger partial charge in [-0.05, 0) is 23.3 Å². The van der Waals surface area contributed by atoms with Crippen molar-refractivity contribution < 1.29 is 19.4 Å². The zero-order chi connectivity index (χ0) is 16.4. The van der Waals surface area contributed by atoms with Crippen LogP contribution < -0.4 is 0 Å². The van der Waals surface area contributed by atoms with Crippen LogP contribution in [0.15, 0.2) is 60.8 Å². The van der Waals surface area contributed by atoms with Gasteiger partial charge in [0.1, 0.15) is 0 Å². The third-order valence-electron chi connectivity index (χ3n) is 3.99. The van der Waals surface area contributed by atoms with Gasteiger partial charge in [-0.25, -0.2) is 0 Å². The Morgan fingerprint density at radius 2 is 1.78 bits per heavy atom. The lowest BCUT2D eigenvalue weighted by Gasteiger charge is -2.23. The van der Waals surface area contributed by atoms with Gasteiger partial charge in [-0.2, -0.15) is 0 Å². The molecule has 0 saturated carbocycles. The largest absolute Gasteiger partial charge is 0.481 e. The lowest BCUT2D eigenvalue weighted by Crippen LogP contribution is -2.18. The van der Waals surface area contributed by atoms with Crippen molar-refractivity contribution in [1.29, 1.82) is 0 Å². The third-order valence-corrected chi connectivity index (χ3v) is 5.16.